The Bertz CT molecular complexity index is 334. The van der Waals surface area contributed by atoms with Gasteiger partial charge in [-0.15, -0.1) is 0 Å². The summed E-state index contributed by atoms with van der Waals surface area (Å²) in [6.45, 7) is 3.39. The Morgan fingerprint density at radius 2 is 2.25 bits per heavy atom. The molecule has 1 saturated heterocycles. The standard InChI is InChI=1S/C13H20N2O/c1-15(10-11-7-8-14-9-11)12-5-3-4-6-13(12)16-2/h3-6,11,14H,7-10H2,1-2H3. The highest BCUT2D eigenvalue weighted by molar-refractivity contribution is 5.57. The van der Waals surface area contributed by atoms with Crippen molar-refractivity contribution in [3.05, 3.63) is 24.3 Å². The zero-order valence-electron chi connectivity index (χ0n) is 10.1. The first kappa shape index (κ1) is 11.3. The molecule has 0 bridgehead atoms. The number of hydrogen-bond donors (Lipinski definition) is 1. The van der Waals surface area contributed by atoms with Crippen LogP contribution in [0.2, 0.25) is 0 Å². The molecule has 1 unspecified atom stereocenters. The lowest BCUT2D eigenvalue weighted by atomic mass is 10.1. The van der Waals surface area contributed by atoms with Crippen molar-refractivity contribution in [2.75, 3.05) is 38.7 Å². The van der Waals surface area contributed by atoms with Crippen LogP contribution in [0.25, 0.3) is 0 Å². The topological polar surface area (TPSA) is 24.5 Å². The minimum Gasteiger partial charge on any atom is -0.495 e. The first-order chi connectivity index (χ1) is 7.81. The Labute approximate surface area is 97.4 Å². The maximum absolute atomic E-state index is 5.37. The number of methoxy groups -OCH3 is 1. The molecule has 88 valence electrons. The summed E-state index contributed by atoms with van der Waals surface area (Å²) in [5.41, 5.74) is 1.18. The fraction of sp³-hybridized carbons (Fsp3) is 0.538. The maximum atomic E-state index is 5.37. The van der Waals surface area contributed by atoms with E-state index in [1.807, 2.05) is 12.1 Å². The van der Waals surface area contributed by atoms with E-state index in [2.05, 4.69) is 29.4 Å². The molecule has 1 N–H and O–H groups in total. The van der Waals surface area contributed by atoms with Gasteiger partial charge in [0.1, 0.15) is 5.75 Å². The second-order valence-electron chi connectivity index (χ2n) is 4.41. The molecule has 0 spiro atoms. The van der Waals surface area contributed by atoms with E-state index in [-0.39, 0.29) is 0 Å². The van der Waals surface area contributed by atoms with Crippen molar-refractivity contribution < 1.29 is 4.74 Å². The molecular weight excluding hydrogens is 200 g/mol. The van der Waals surface area contributed by atoms with Crippen molar-refractivity contribution in [2.24, 2.45) is 5.92 Å². The van der Waals surface area contributed by atoms with Crippen molar-refractivity contribution in [2.45, 2.75) is 6.42 Å². The maximum Gasteiger partial charge on any atom is 0.142 e. The fourth-order valence-corrected chi connectivity index (χ4v) is 2.30. The molecule has 16 heavy (non-hydrogen) atoms. The molecule has 1 aromatic carbocycles. The predicted molar refractivity (Wildman–Crippen MR) is 67.2 cm³/mol. The van der Waals surface area contributed by atoms with Crippen LogP contribution in [-0.2, 0) is 0 Å². The number of hydrogen-bond acceptors (Lipinski definition) is 3. The van der Waals surface area contributed by atoms with Gasteiger partial charge < -0.3 is 15.0 Å². The van der Waals surface area contributed by atoms with Gasteiger partial charge in [0.2, 0.25) is 0 Å². The molecule has 1 fully saturated rings. The van der Waals surface area contributed by atoms with E-state index in [0.717, 1.165) is 31.3 Å². The van der Waals surface area contributed by atoms with Gasteiger partial charge in [0.15, 0.2) is 0 Å². The SMILES string of the molecule is COc1ccccc1N(C)CC1CCNC1. The number of anilines is 1. The second kappa shape index (κ2) is 5.21. The minimum absolute atomic E-state index is 0.759. The summed E-state index contributed by atoms with van der Waals surface area (Å²) in [4.78, 5) is 2.29. The molecule has 1 heterocycles. The van der Waals surface area contributed by atoms with E-state index in [0.29, 0.717) is 0 Å². The Balaban J connectivity index is 2.04. The van der Waals surface area contributed by atoms with E-state index >= 15 is 0 Å². The van der Waals surface area contributed by atoms with Crippen LogP contribution in [0.1, 0.15) is 6.42 Å². The Morgan fingerprint density at radius 3 is 2.94 bits per heavy atom. The van der Waals surface area contributed by atoms with Gasteiger partial charge in [-0.05, 0) is 37.6 Å². The number of para-hydroxylation sites is 2. The fourth-order valence-electron chi connectivity index (χ4n) is 2.30. The normalized spacial score (nSPS) is 19.8. The highest BCUT2D eigenvalue weighted by Gasteiger charge is 2.17. The van der Waals surface area contributed by atoms with Gasteiger partial charge in [0.25, 0.3) is 0 Å². The van der Waals surface area contributed by atoms with E-state index < -0.39 is 0 Å². The third-order valence-corrected chi connectivity index (χ3v) is 3.19. The van der Waals surface area contributed by atoms with Crippen LogP contribution >= 0.6 is 0 Å². The molecule has 1 aromatic rings. The van der Waals surface area contributed by atoms with Gasteiger partial charge in [0.05, 0.1) is 12.8 Å². The zero-order valence-corrected chi connectivity index (χ0v) is 10.1. The molecule has 2 rings (SSSR count). The van der Waals surface area contributed by atoms with Gasteiger partial charge in [-0.3, -0.25) is 0 Å². The average molecular weight is 220 g/mol. The number of benzene rings is 1. The molecule has 0 radical (unpaired) electrons. The smallest absolute Gasteiger partial charge is 0.142 e. The van der Waals surface area contributed by atoms with E-state index in [4.69, 9.17) is 4.74 Å². The summed E-state index contributed by atoms with van der Waals surface area (Å²) >= 11 is 0. The third-order valence-electron chi connectivity index (χ3n) is 3.19. The second-order valence-corrected chi connectivity index (χ2v) is 4.41. The van der Waals surface area contributed by atoms with Crippen molar-refractivity contribution in [1.82, 2.24) is 5.32 Å². The van der Waals surface area contributed by atoms with Crippen LogP contribution in [0.5, 0.6) is 5.75 Å². The molecule has 1 aliphatic heterocycles. The quantitative estimate of drug-likeness (QED) is 0.836. The molecule has 0 aromatic heterocycles. The molecule has 0 saturated carbocycles. The summed E-state index contributed by atoms with van der Waals surface area (Å²) in [5.74, 6) is 1.71. The Hall–Kier alpha value is -1.22. The van der Waals surface area contributed by atoms with Crippen molar-refractivity contribution in [3.8, 4) is 5.75 Å². The first-order valence-corrected chi connectivity index (χ1v) is 5.86. The molecule has 0 aliphatic carbocycles. The molecule has 1 atom stereocenters. The van der Waals surface area contributed by atoms with Crippen LogP contribution in [0, 0.1) is 5.92 Å². The molecule has 3 nitrogen and oxygen atoms in total. The molecule has 1 aliphatic rings. The predicted octanol–water partition coefficient (Wildman–Crippen LogP) is 1.74. The van der Waals surface area contributed by atoms with Gasteiger partial charge in [0, 0.05) is 13.6 Å². The van der Waals surface area contributed by atoms with Gasteiger partial charge in [-0.25, -0.2) is 0 Å². The van der Waals surface area contributed by atoms with Crippen LogP contribution in [-0.4, -0.2) is 33.8 Å². The zero-order chi connectivity index (χ0) is 11.4. The first-order valence-electron chi connectivity index (χ1n) is 5.86. The van der Waals surface area contributed by atoms with Crippen LogP contribution in [0.3, 0.4) is 0 Å². The largest absolute Gasteiger partial charge is 0.495 e. The number of rotatable bonds is 4. The van der Waals surface area contributed by atoms with Crippen molar-refractivity contribution in [3.63, 3.8) is 0 Å². The summed E-state index contributed by atoms with van der Waals surface area (Å²) in [7, 11) is 3.86. The lowest BCUT2D eigenvalue weighted by molar-refractivity contribution is 0.414. The van der Waals surface area contributed by atoms with Gasteiger partial charge >= 0.3 is 0 Å². The highest BCUT2D eigenvalue weighted by Crippen LogP contribution is 2.27. The number of nitrogens with one attached hydrogen (secondary N) is 1. The van der Waals surface area contributed by atoms with E-state index in [1.54, 1.807) is 7.11 Å². The third kappa shape index (κ3) is 2.47. The average Bonchev–Trinajstić information content (AvgIpc) is 2.81. The van der Waals surface area contributed by atoms with Crippen molar-refractivity contribution in [1.29, 1.82) is 0 Å². The van der Waals surface area contributed by atoms with Crippen molar-refractivity contribution >= 4 is 5.69 Å². The van der Waals surface area contributed by atoms with Gasteiger partial charge in [-0.2, -0.15) is 0 Å². The highest BCUT2D eigenvalue weighted by atomic mass is 16.5. The van der Waals surface area contributed by atoms with Gasteiger partial charge in [-0.1, -0.05) is 12.1 Å². The molecular formula is C13H20N2O. The lowest BCUT2D eigenvalue weighted by Gasteiger charge is -2.24. The molecule has 3 heteroatoms. The van der Waals surface area contributed by atoms with Crippen LogP contribution < -0.4 is 15.0 Å². The number of ether oxygens (including phenoxy) is 1. The summed E-state index contributed by atoms with van der Waals surface area (Å²) in [6, 6.07) is 8.19. The van der Waals surface area contributed by atoms with E-state index in [1.165, 1.54) is 12.1 Å². The summed E-state index contributed by atoms with van der Waals surface area (Å²) < 4.78 is 5.37. The summed E-state index contributed by atoms with van der Waals surface area (Å²) in [5, 5.41) is 3.40. The Kier molecular flexibility index (Phi) is 3.67. The lowest BCUT2D eigenvalue weighted by Crippen LogP contribution is -2.27. The molecule has 0 amide bonds. The van der Waals surface area contributed by atoms with Crippen LogP contribution in [0.15, 0.2) is 24.3 Å². The summed E-state index contributed by atoms with van der Waals surface area (Å²) in [6.07, 6.45) is 1.28. The van der Waals surface area contributed by atoms with Crippen LogP contribution in [0.4, 0.5) is 5.69 Å². The Morgan fingerprint density at radius 1 is 1.44 bits per heavy atom. The monoisotopic (exact) mass is 220 g/mol. The minimum atomic E-state index is 0.759. The number of nitrogens with zero attached hydrogens (tertiary/aromatic N) is 1. The van der Waals surface area contributed by atoms with E-state index in [9.17, 15) is 0 Å².